The highest BCUT2D eigenvalue weighted by Gasteiger charge is 2.26. The van der Waals surface area contributed by atoms with Gasteiger partial charge in [0.15, 0.2) is 0 Å². The van der Waals surface area contributed by atoms with Gasteiger partial charge in [-0.2, -0.15) is 5.10 Å². The quantitative estimate of drug-likeness (QED) is 0.875. The zero-order valence-corrected chi connectivity index (χ0v) is 14.7. The van der Waals surface area contributed by atoms with Crippen LogP contribution in [-0.4, -0.2) is 34.0 Å². The highest BCUT2D eigenvalue weighted by atomic mass is 16.5. The Bertz CT molecular complexity index is 703. The van der Waals surface area contributed by atoms with Crippen molar-refractivity contribution in [2.24, 2.45) is 5.92 Å². The average Bonchev–Trinajstić information content (AvgIpc) is 3.12. The molecule has 0 radical (unpaired) electrons. The van der Waals surface area contributed by atoms with Crippen LogP contribution in [0.25, 0.3) is 5.69 Å². The van der Waals surface area contributed by atoms with Crippen molar-refractivity contribution in [3.05, 3.63) is 42.2 Å². The maximum absolute atomic E-state index is 12.4. The Labute approximate surface area is 147 Å². The second-order valence-electron chi connectivity index (χ2n) is 6.65. The third-order valence-corrected chi connectivity index (χ3v) is 4.87. The van der Waals surface area contributed by atoms with Gasteiger partial charge < -0.3 is 15.2 Å². The first kappa shape index (κ1) is 17.5. The molecule has 25 heavy (non-hydrogen) atoms. The number of nitrogens with one attached hydrogen (secondary N) is 1. The molecule has 0 aliphatic heterocycles. The summed E-state index contributed by atoms with van der Waals surface area (Å²) in [6.45, 7) is 1.96. The van der Waals surface area contributed by atoms with E-state index in [1.165, 1.54) is 0 Å². The van der Waals surface area contributed by atoms with Gasteiger partial charge in [0.2, 0.25) is 5.91 Å². The van der Waals surface area contributed by atoms with E-state index >= 15 is 0 Å². The SMILES string of the molecule is COc1ccc(-n2cc(C(C)NC(=O)C3CCC(O)CC3)cn2)cc1. The molecule has 6 heteroatoms. The zero-order chi connectivity index (χ0) is 17.8. The van der Waals surface area contributed by atoms with E-state index in [1.807, 2.05) is 37.4 Å². The molecule has 1 fully saturated rings. The molecule has 1 unspecified atom stereocenters. The molecule has 134 valence electrons. The highest BCUT2D eigenvalue weighted by Crippen LogP contribution is 2.25. The van der Waals surface area contributed by atoms with E-state index in [4.69, 9.17) is 4.74 Å². The van der Waals surface area contributed by atoms with Gasteiger partial charge in [-0.25, -0.2) is 4.68 Å². The topological polar surface area (TPSA) is 76.4 Å². The van der Waals surface area contributed by atoms with Crippen LogP contribution < -0.4 is 10.1 Å². The summed E-state index contributed by atoms with van der Waals surface area (Å²) in [7, 11) is 1.64. The summed E-state index contributed by atoms with van der Waals surface area (Å²) in [6.07, 6.45) is 6.39. The monoisotopic (exact) mass is 343 g/mol. The van der Waals surface area contributed by atoms with Gasteiger partial charge in [-0.05, 0) is 56.9 Å². The van der Waals surface area contributed by atoms with E-state index in [9.17, 15) is 9.90 Å². The standard InChI is InChI=1S/C19H25N3O3/c1-13(21-19(24)14-3-7-17(23)8-4-14)15-11-20-22(12-15)16-5-9-18(25-2)10-6-16/h5-6,9-14,17,23H,3-4,7-8H2,1-2H3,(H,21,24). The van der Waals surface area contributed by atoms with Gasteiger partial charge >= 0.3 is 0 Å². The maximum Gasteiger partial charge on any atom is 0.223 e. The van der Waals surface area contributed by atoms with Crippen LogP contribution in [0.4, 0.5) is 0 Å². The molecular formula is C19H25N3O3. The van der Waals surface area contributed by atoms with E-state index < -0.39 is 0 Å². The first-order valence-electron chi connectivity index (χ1n) is 8.74. The molecule has 0 spiro atoms. The Morgan fingerprint density at radius 3 is 2.60 bits per heavy atom. The molecule has 3 rings (SSSR count). The van der Waals surface area contributed by atoms with Gasteiger partial charge in [0.05, 0.1) is 31.1 Å². The third kappa shape index (κ3) is 4.20. The number of aromatic nitrogens is 2. The van der Waals surface area contributed by atoms with Gasteiger partial charge in [0.25, 0.3) is 0 Å². The van der Waals surface area contributed by atoms with Crippen LogP contribution in [0.2, 0.25) is 0 Å². The molecule has 1 amide bonds. The lowest BCUT2D eigenvalue weighted by molar-refractivity contribution is -0.127. The predicted octanol–water partition coefficient (Wildman–Crippen LogP) is 2.61. The van der Waals surface area contributed by atoms with Crippen LogP contribution in [0.3, 0.4) is 0 Å². The minimum absolute atomic E-state index is 0.00230. The van der Waals surface area contributed by atoms with Crippen molar-refractivity contribution in [2.45, 2.75) is 44.8 Å². The van der Waals surface area contributed by atoms with Crippen LogP contribution in [-0.2, 0) is 4.79 Å². The minimum Gasteiger partial charge on any atom is -0.497 e. The summed E-state index contributed by atoms with van der Waals surface area (Å²) < 4.78 is 6.95. The molecule has 0 bridgehead atoms. The summed E-state index contributed by atoms with van der Waals surface area (Å²) >= 11 is 0. The summed E-state index contributed by atoms with van der Waals surface area (Å²) in [5.74, 6) is 0.869. The second kappa shape index (κ2) is 7.70. The van der Waals surface area contributed by atoms with Crippen molar-refractivity contribution in [3.8, 4) is 11.4 Å². The summed E-state index contributed by atoms with van der Waals surface area (Å²) in [5.41, 5.74) is 1.90. The van der Waals surface area contributed by atoms with E-state index in [-0.39, 0.29) is 24.0 Å². The van der Waals surface area contributed by atoms with Gasteiger partial charge in [0, 0.05) is 17.7 Å². The summed E-state index contributed by atoms with van der Waals surface area (Å²) in [5, 5.41) is 17.0. The van der Waals surface area contributed by atoms with Crippen molar-refractivity contribution in [1.29, 1.82) is 0 Å². The van der Waals surface area contributed by atoms with Gasteiger partial charge in [-0.3, -0.25) is 4.79 Å². The lowest BCUT2D eigenvalue weighted by atomic mass is 9.86. The Kier molecular flexibility index (Phi) is 5.38. The number of hydrogen-bond acceptors (Lipinski definition) is 4. The lowest BCUT2D eigenvalue weighted by Crippen LogP contribution is -2.35. The first-order chi connectivity index (χ1) is 12.1. The van der Waals surface area contributed by atoms with E-state index in [2.05, 4.69) is 10.4 Å². The van der Waals surface area contributed by atoms with E-state index in [0.717, 1.165) is 29.8 Å². The Balaban J connectivity index is 1.61. The number of ether oxygens (including phenoxy) is 1. The molecule has 1 atom stereocenters. The van der Waals surface area contributed by atoms with E-state index in [1.54, 1.807) is 18.0 Å². The van der Waals surface area contributed by atoms with Gasteiger partial charge in [-0.1, -0.05) is 0 Å². The number of carbonyl (C=O) groups is 1. The number of amides is 1. The molecule has 1 aliphatic rings. The molecule has 1 heterocycles. The van der Waals surface area contributed by atoms with Crippen molar-refractivity contribution in [1.82, 2.24) is 15.1 Å². The summed E-state index contributed by atoms with van der Waals surface area (Å²) in [4.78, 5) is 12.4. The van der Waals surface area contributed by atoms with Crippen LogP contribution >= 0.6 is 0 Å². The molecule has 1 aromatic carbocycles. The average molecular weight is 343 g/mol. The number of aliphatic hydroxyl groups is 1. The molecule has 1 aliphatic carbocycles. The normalized spacial score (nSPS) is 21.6. The maximum atomic E-state index is 12.4. The fourth-order valence-corrected chi connectivity index (χ4v) is 3.19. The van der Waals surface area contributed by atoms with Crippen LogP contribution in [0.5, 0.6) is 5.75 Å². The molecular weight excluding hydrogens is 318 g/mol. The number of aliphatic hydroxyl groups excluding tert-OH is 1. The molecule has 1 saturated carbocycles. The summed E-state index contributed by atoms with van der Waals surface area (Å²) in [6, 6.07) is 7.54. The molecule has 1 aromatic heterocycles. The number of methoxy groups -OCH3 is 1. The Morgan fingerprint density at radius 1 is 1.28 bits per heavy atom. The predicted molar refractivity (Wildman–Crippen MR) is 94.6 cm³/mol. The highest BCUT2D eigenvalue weighted by molar-refractivity contribution is 5.79. The van der Waals surface area contributed by atoms with Gasteiger partial charge in [-0.15, -0.1) is 0 Å². The van der Waals surface area contributed by atoms with Crippen molar-refractivity contribution < 1.29 is 14.6 Å². The van der Waals surface area contributed by atoms with Crippen LogP contribution in [0.1, 0.15) is 44.2 Å². The van der Waals surface area contributed by atoms with E-state index in [0.29, 0.717) is 12.8 Å². The number of rotatable bonds is 5. The zero-order valence-electron chi connectivity index (χ0n) is 14.7. The van der Waals surface area contributed by atoms with Crippen molar-refractivity contribution in [2.75, 3.05) is 7.11 Å². The number of benzene rings is 1. The third-order valence-electron chi connectivity index (χ3n) is 4.87. The molecule has 2 aromatic rings. The Morgan fingerprint density at radius 2 is 1.96 bits per heavy atom. The minimum atomic E-state index is -0.246. The lowest BCUT2D eigenvalue weighted by Gasteiger charge is -2.25. The Hall–Kier alpha value is -2.34. The van der Waals surface area contributed by atoms with Crippen LogP contribution in [0, 0.1) is 5.92 Å². The largest absolute Gasteiger partial charge is 0.497 e. The molecule has 2 N–H and O–H groups in total. The number of carbonyl (C=O) groups excluding carboxylic acids is 1. The number of nitrogens with zero attached hydrogens (tertiary/aromatic N) is 2. The smallest absolute Gasteiger partial charge is 0.223 e. The molecule has 6 nitrogen and oxygen atoms in total. The van der Waals surface area contributed by atoms with Crippen molar-refractivity contribution >= 4 is 5.91 Å². The fraction of sp³-hybridized carbons (Fsp3) is 0.474. The second-order valence-corrected chi connectivity index (χ2v) is 6.65. The number of hydrogen-bond donors (Lipinski definition) is 2. The molecule has 0 saturated heterocycles. The van der Waals surface area contributed by atoms with Gasteiger partial charge in [0.1, 0.15) is 5.75 Å². The fourth-order valence-electron chi connectivity index (χ4n) is 3.19. The van der Waals surface area contributed by atoms with Crippen molar-refractivity contribution in [3.63, 3.8) is 0 Å². The van der Waals surface area contributed by atoms with Crippen LogP contribution in [0.15, 0.2) is 36.7 Å². The first-order valence-corrected chi connectivity index (χ1v) is 8.74.